The van der Waals surface area contributed by atoms with Crippen LogP contribution in [0, 0.1) is 5.92 Å². The molecule has 1 aromatic heterocycles. The minimum atomic E-state index is 0.162. The van der Waals surface area contributed by atoms with Crippen molar-refractivity contribution in [1.82, 2.24) is 15.1 Å². The van der Waals surface area contributed by atoms with E-state index in [-0.39, 0.29) is 5.91 Å². The second-order valence-corrected chi connectivity index (χ2v) is 7.80. The lowest BCUT2D eigenvalue weighted by atomic mass is 10.0. The first-order valence-electron chi connectivity index (χ1n) is 9.99. The number of nitrogens with zero attached hydrogens (tertiary/aromatic N) is 3. The summed E-state index contributed by atoms with van der Waals surface area (Å²) in [6, 6.07) is 16.3. The van der Waals surface area contributed by atoms with Crippen LogP contribution in [0.3, 0.4) is 0 Å². The molecule has 142 valence electrons. The maximum atomic E-state index is 12.7. The largest absolute Gasteiger partial charge is 0.371 e. The van der Waals surface area contributed by atoms with Crippen LogP contribution in [0.15, 0.2) is 60.9 Å². The lowest BCUT2D eigenvalue weighted by Crippen LogP contribution is -2.32. The second kappa shape index (κ2) is 7.15. The fourth-order valence-corrected chi connectivity index (χ4v) is 4.49. The van der Waals surface area contributed by atoms with Gasteiger partial charge in [-0.25, -0.2) is 0 Å². The molecule has 2 aliphatic heterocycles. The molecule has 1 amide bonds. The molecule has 0 aliphatic carbocycles. The molecular weight excluding hydrogens is 348 g/mol. The van der Waals surface area contributed by atoms with Crippen molar-refractivity contribution < 1.29 is 4.79 Å². The third-order valence-electron chi connectivity index (χ3n) is 5.98. The normalized spacial score (nSPS) is 18.5. The number of fused-ring (bicyclic) bond motifs is 1. The van der Waals surface area contributed by atoms with Crippen molar-refractivity contribution in [2.45, 2.75) is 12.8 Å². The molecule has 5 nitrogen and oxygen atoms in total. The summed E-state index contributed by atoms with van der Waals surface area (Å²) >= 11 is 0. The molecule has 0 radical (unpaired) electrons. The highest BCUT2D eigenvalue weighted by molar-refractivity contribution is 5.94. The Kier molecular flexibility index (Phi) is 4.35. The van der Waals surface area contributed by atoms with E-state index in [1.165, 1.54) is 16.8 Å². The molecule has 0 saturated carbocycles. The van der Waals surface area contributed by atoms with E-state index in [0.29, 0.717) is 5.92 Å². The van der Waals surface area contributed by atoms with Gasteiger partial charge < -0.3 is 9.80 Å². The molecule has 1 fully saturated rings. The zero-order valence-corrected chi connectivity index (χ0v) is 15.8. The van der Waals surface area contributed by atoms with E-state index in [1.54, 1.807) is 0 Å². The maximum absolute atomic E-state index is 12.7. The van der Waals surface area contributed by atoms with E-state index < -0.39 is 0 Å². The summed E-state index contributed by atoms with van der Waals surface area (Å²) in [5.74, 6) is 0.696. The number of aromatic nitrogens is 2. The Morgan fingerprint density at radius 2 is 2.00 bits per heavy atom. The summed E-state index contributed by atoms with van der Waals surface area (Å²) in [4.78, 5) is 17.2. The van der Waals surface area contributed by atoms with Gasteiger partial charge in [-0.05, 0) is 54.2 Å². The molecule has 3 heterocycles. The molecular formula is C23H24N4O. The number of anilines is 1. The number of hydrogen-bond donors (Lipinski definition) is 1. The van der Waals surface area contributed by atoms with E-state index in [4.69, 9.17) is 0 Å². The summed E-state index contributed by atoms with van der Waals surface area (Å²) in [7, 11) is 0. The Morgan fingerprint density at radius 1 is 1.11 bits per heavy atom. The smallest absolute Gasteiger partial charge is 0.253 e. The van der Waals surface area contributed by atoms with E-state index in [2.05, 4.69) is 33.3 Å². The number of H-pyrrole nitrogens is 1. The van der Waals surface area contributed by atoms with E-state index in [0.717, 1.165) is 50.1 Å². The first kappa shape index (κ1) is 17.0. The van der Waals surface area contributed by atoms with Crippen LogP contribution < -0.4 is 4.90 Å². The zero-order chi connectivity index (χ0) is 18.9. The topological polar surface area (TPSA) is 52.2 Å². The molecule has 2 aliphatic rings. The number of aromatic amines is 1. The molecule has 1 saturated heterocycles. The minimum Gasteiger partial charge on any atom is -0.371 e. The van der Waals surface area contributed by atoms with E-state index in [1.807, 2.05) is 47.6 Å². The van der Waals surface area contributed by atoms with Crippen LogP contribution >= 0.6 is 0 Å². The van der Waals surface area contributed by atoms with Crippen LogP contribution in [0.4, 0.5) is 5.69 Å². The molecule has 1 atom stereocenters. The van der Waals surface area contributed by atoms with Gasteiger partial charge in [0.2, 0.25) is 0 Å². The Hall–Kier alpha value is -3.08. The van der Waals surface area contributed by atoms with Gasteiger partial charge in [-0.2, -0.15) is 5.10 Å². The molecule has 3 aromatic rings. The highest BCUT2D eigenvalue weighted by atomic mass is 16.2. The van der Waals surface area contributed by atoms with Gasteiger partial charge in [-0.15, -0.1) is 0 Å². The summed E-state index contributed by atoms with van der Waals surface area (Å²) in [6.07, 6.45) is 5.97. The highest BCUT2D eigenvalue weighted by Crippen LogP contribution is 2.33. The molecule has 0 spiro atoms. The summed E-state index contributed by atoms with van der Waals surface area (Å²) in [6.45, 7) is 3.80. The zero-order valence-electron chi connectivity index (χ0n) is 15.8. The maximum Gasteiger partial charge on any atom is 0.253 e. The Morgan fingerprint density at radius 3 is 2.82 bits per heavy atom. The molecule has 1 unspecified atom stereocenters. The van der Waals surface area contributed by atoms with E-state index in [9.17, 15) is 4.79 Å². The number of likely N-dealkylation sites (tertiary alicyclic amines) is 1. The van der Waals surface area contributed by atoms with Gasteiger partial charge in [0.15, 0.2) is 0 Å². The van der Waals surface area contributed by atoms with Crippen molar-refractivity contribution in [1.29, 1.82) is 0 Å². The van der Waals surface area contributed by atoms with Crippen molar-refractivity contribution in [3.63, 3.8) is 0 Å². The van der Waals surface area contributed by atoms with Crippen molar-refractivity contribution >= 4 is 11.6 Å². The Balaban J connectivity index is 1.24. The number of rotatable bonds is 4. The molecule has 1 N–H and O–H groups in total. The molecule has 5 heteroatoms. The number of benzene rings is 2. The SMILES string of the molecule is O=C(c1ccccc1)N1CCC(CN2CCc3cc(-c4cn[nH]c4)ccc32)C1. The average Bonchev–Trinajstić information content (AvgIpc) is 3.50. The predicted molar refractivity (Wildman–Crippen MR) is 110 cm³/mol. The Labute approximate surface area is 165 Å². The van der Waals surface area contributed by atoms with Crippen molar-refractivity contribution in [2.75, 3.05) is 31.1 Å². The third-order valence-corrected chi connectivity index (χ3v) is 5.98. The Bertz CT molecular complexity index is 968. The van der Waals surface area contributed by atoms with Gasteiger partial charge in [-0.3, -0.25) is 9.89 Å². The lowest BCUT2D eigenvalue weighted by Gasteiger charge is -2.24. The third kappa shape index (κ3) is 3.17. The van der Waals surface area contributed by atoms with Crippen LogP contribution in [0.2, 0.25) is 0 Å². The first-order chi connectivity index (χ1) is 13.8. The van der Waals surface area contributed by atoms with Crippen LogP contribution in [0.25, 0.3) is 11.1 Å². The fraction of sp³-hybridized carbons (Fsp3) is 0.304. The van der Waals surface area contributed by atoms with Crippen LogP contribution in [0.5, 0.6) is 0 Å². The number of nitrogens with one attached hydrogen (secondary N) is 1. The van der Waals surface area contributed by atoms with Gasteiger partial charge in [0.1, 0.15) is 0 Å². The molecule has 5 rings (SSSR count). The van der Waals surface area contributed by atoms with Gasteiger partial charge >= 0.3 is 0 Å². The number of carbonyl (C=O) groups is 1. The average molecular weight is 372 g/mol. The fourth-order valence-electron chi connectivity index (χ4n) is 4.49. The summed E-state index contributed by atoms with van der Waals surface area (Å²) in [5.41, 5.74) is 5.90. The number of hydrogen-bond acceptors (Lipinski definition) is 3. The van der Waals surface area contributed by atoms with Crippen molar-refractivity contribution in [3.8, 4) is 11.1 Å². The summed E-state index contributed by atoms with van der Waals surface area (Å²) in [5, 5.41) is 6.94. The first-order valence-corrected chi connectivity index (χ1v) is 9.99. The minimum absolute atomic E-state index is 0.162. The van der Waals surface area contributed by atoms with Gasteiger partial charge in [0, 0.05) is 49.2 Å². The quantitative estimate of drug-likeness (QED) is 0.761. The summed E-state index contributed by atoms with van der Waals surface area (Å²) < 4.78 is 0. The van der Waals surface area contributed by atoms with Crippen molar-refractivity contribution in [2.24, 2.45) is 5.92 Å². The number of amides is 1. The molecule has 0 bridgehead atoms. The van der Waals surface area contributed by atoms with E-state index >= 15 is 0 Å². The van der Waals surface area contributed by atoms with Gasteiger partial charge in [0.05, 0.1) is 6.20 Å². The molecule has 28 heavy (non-hydrogen) atoms. The lowest BCUT2D eigenvalue weighted by molar-refractivity contribution is 0.0787. The number of carbonyl (C=O) groups excluding carboxylic acids is 1. The van der Waals surface area contributed by atoms with Crippen molar-refractivity contribution in [3.05, 3.63) is 72.1 Å². The van der Waals surface area contributed by atoms with Crippen LogP contribution in [-0.4, -0.2) is 47.2 Å². The van der Waals surface area contributed by atoms with Crippen LogP contribution in [0.1, 0.15) is 22.3 Å². The molecule has 2 aromatic carbocycles. The predicted octanol–water partition coefficient (Wildman–Crippen LogP) is 3.60. The highest BCUT2D eigenvalue weighted by Gasteiger charge is 2.30. The van der Waals surface area contributed by atoms with Crippen LogP contribution in [-0.2, 0) is 6.42 Å². The van der Waals surface area contributed by atoms with Gasteiger partial charge in [0.25, 0.3) is 5.91 Å². The monoisotopic (exact) mass is 372 g/mol. The standard InChI is InChI=1S/C23H24N4O/c28-23(18-4-2-1-3-5-18)27-10-8-17(16-27)15-26-11-9-20-12-19(6-7-22(20)26)21-13-24-25-14-21/h1-7,12-14,17H,8-11,15-16H2,(H,24,25). The second-order valence-electron chi connectivity index (χ2n) is 7.80. The van der Waals surface area contributed by atoms with Gasteiger partial charge in [-0.1, -0.05) is 24.3 Å².